The number of ether oxygens (including phenoxy) is 2. The van der Waals surface area contributed by atoms with Crippen LogP contribution >= 0.6 is 11.8 Å². The molecule has 2 aromatic carbocycles. The van der Waals surface area contributed by atoms with Crippen LogP contribution < -0.4 is 4.74 Å². The summed E-state index contributed by atoms with van der Waals surface area (Å²) in [6, 6.07) is 11.6. The molecule has 132 valence electrons. The molecule has 0 unspecified atom stereocenters. The van der Waals surface area contributed by atoms with E-state index in [-0.39, 0.29) is 5.75 Å². The van der Waals surface area contributed by atoms with Crippen molar-refractivity contribution in [2.75, 3.05) is 27.1 Å². The minimum atomic E-state index is 0.119. The van der Waals surface area contributed by atoms with Crippen molar-refractivity contribution in [1.29, 1.82) is 0 Å². The predicted octanol–water partition coefficient (Wildman–Crippen LogP) is 5.11. The summed E-state index contributed by atoms with van der Waals surface area (Å²) < 4.78 is 16.5. The molecule has 4 nitrogen and oxygen atoms in total. The topological polar surface area (TPSA) is 51.8 Å². The number of furan rings is 1. The Kier molecular flexibility index (Phi) is 5.56. The van der Waals surface area contributed by atoms with Gasteiger partial charge in [0.05, 0.1) is 12.0 Å². The molecule has 3 rings (SSSR count). The van der Waals surface area contributed by atoms with E-state index in [1.165, 1.54) is 5.56 Å². The zero-order chi connectivity index (χ0) is 17.8. The Hall–Kier alpha value is -2.11. The first-order chi connectivity index (χ1) is 12.2. The molecular formula is C20H22O4S. The number of hydrogen-bond acceptors (Lipinski definition) is 5. The number of aryl methyl sites for hydroxylation is 1. The van der Waals surface area contributed by atoms with Crippen molar-refractivity contribution in [1.82, 2.24) is 0 Å². The lowest BCUT2D eigenvalue weighted by Gasteiger charge is -2.06. The average molecular weight is 358 g/mol. The number of phenols is 1. The molecule has 5 heteroatoms. The van der Waals surface area contributed by atoms with Crippen LogP contribution in [-0.2, 0) is 11.2 Å². The SMILES string of the molecule is COCCCc1ccc2oc(-c3ccc(O)c(OC)c3)c(SC)c2c1. The lowest BCUT2D eigenvalue weighted by Crippen LogP contribution is -1.92. The van der Waals surface area contributed by atoms with Gasteiger partial charge in [0.2, 0.25) is 0 Å². The van der Waals surface area contributed by atoms with Crippen LogP contribution in [0, 0.1) is 0 Å². The van der Waals surface area contributed by atoms with Gasteiger partial charge >= 0.3 is 0 Å². The van der Waals surface area contributed by atoms with Gasteiger partial charge in [0, 0.05) is 24.7 Å². The van der Waals surface area contributed by atoms with Crippen LogP contribution in [0.3, 0.4) is 0 Å². The molecule has 0 spiro atoms. The molecule has 0 aliphatic carbocycles. The third-order valence-electron chi connectivity index (χ3n) is 4.17. The Labute approximate surface area is 151 Å². The van der Waals surface area contributed by atoms with Crippen LogP contribution in [0.4, 0.5) is 0 Å². The number of phenolic OH excluding ortho intramolecular Hbond substituents is 1. The van der Waals surface area contributed by atoms with Gasteiger partial charge in [-0.3, -0.25) is 0 Å². The maximum absolute atomic E-state index is 9.82. The van der Waals surface area contributed by atoms with Gasteiger partial charge in [-0.1, -0.05) is 6.07 Å². The third-order valence-corrected chi connectivity index (χ3v) is 4.98. The highest BCUT2D eigenvalue weighted by molar-refractivity contribution is 7.99. The standard InChI is InChI=1S/C20H22O4S/c1-22-10-4-5-13-6-9-17-15(11-13)20(25-3)19(24-17)14-7-8-16(21)18(12-14)23-2/h6-9,11-12,21H,4-5,10H2,1-3H3. The Morgan fingerprint density at radius 2 is 1.96 bits per heavy atom. The number of thioether (sulfide) groups is 1. The molecule has 0 fully saturated rings. The summed E-state index contributed by atoms with van der Waals surface area (Å²) in [7, 11) is 3.27. The molecule has 0 atom stereocenters. The zero-order valence-corrected chi connectivity index (χ0v) is 15.5. The minimum Gasteiger partial charge on any atom is -0.504 e. The monoisotopic (exact) mass is 358 g/mol. The number of aromatic hydroxyl groups is 1. The first kappa shape index (κ1) is 17.7. The molecule has 0 saturated carbocycles. The number of benzene rings is 2. The normalized spacial score (nSPS) is 11.2. The van der Waals surface area contributed by atoms with Crippen LogP contribution in [0.15, 0.2) is 45.7 Å². The Balaban J connectivity index is 2.04. The highest BCUT2D eigenvalue weighted by Gasteiger charge is 2.17. The first-order valence-electron chi connectivity index (χ1n) is 8.13. The van der Waals surface area contributed by atoms with Crippen molar-refractivity contribution in [3.05, 3.63) is 42.0 Å². The molecule has 0 saturated heterocycles. The minimum absolute atomic E-state index is 0.119. The molecular weight excluding hydrogens is 336 g/mol. The second kappa shape index (κ2) is 7.85. The summed E-state index contributed by atoms with van der Waals surface area (Å²) in [5.74, 6) is 1.36. The third kappa shape index (κ3) is 3.62. The summed E-state index contributed by atoms with van der Waals surface area (Å²) in [4.78, 5) is 1.09. The van der Waals surface area contributed by atoms with Crippen LogP contribution in [0.25, 0.3) is 22.3 Å². The van der Waals surface area contributed by atoms with Gasteiger partial charge in [0.15, 0.2) is 11.5 Å². The Bertz CT molecular complexity index is 870. The highest BCUT2D eigenvalue weighted by atomic mass is 32.2. The number of hydrogen-bond donors (Lipinski definition) is 1. The fourth-order valence-electron chi connectivity index (χ4n) is 2.91. The van der Waals surface area contributed by atoms with E-state index >= 15 is 0 Å². The molecule has 1 N–H and O–H groups in total. The summed E-state index contributed by atoms with van der Waals surface area (Å²) >= 11 is 1.66. The molecule has 0 radical (unpaired) electrons. The van der Waals surface area contributed by atoms with Gasteiger partial charge in [-0.05, 0) is 55.0 Å². The predicted molar refractivity (Wildman–Crippen MR) is 102 cm³/mol. The van der Waals surface area contributed by atoms with Crippen molar-refractivity contribution >= 4 is 22.7 Å². The van der Waals surface area contributed by atoms with Gasteiger partial charge < -0.3 is 19.0 Å². The molecule has 25 heavy (non-hydrogen) atoms. The smallest absolute Gasteiger partial charge is 0.161 e. The second-order valence-electron chi connectivity index (χ2n) is 5.78. The fourth-order valence-corrected chi connectivity index (χ4v) is 3.63. The van der Waals surface area contributed by atoms with E-state index in [9.17, 15) is 5.11 Å². The molecule has 1 aromatic heterocycles. The number of fused-ring (bicyclic) bond motifs is 1. The van der Waals surface area contributed by atoms with Crippen molar-refractivity contribution < 1.29 is 19.0 Å². The van der Waals surface area contributed by atoms with E-state index < -0.39 is 0 Å². The zero-order valence-electron chi connectivity index (χ0n) is 14.7. The molecule has 0 bridgehead atoms. The van der Waals surface area contributed by atoms with Crippen molar-refractivity contribution in [3.63, 3.8) is 0 Å². The molecule has 0 amide bonds. The van der Waals surface area contributed by atoms with Gasteiger partial charge in [-0.25, -0.2) is 0 Å². The van der Waals surface area contributed by atoms with Crippen molar-refractivity contribution in [2.45, 2.75) is 17.7 Å². The maximum Gasteiger partial charge on any atom is 0.161 e. The fraction of sp³-hybridized carbons (Fsp3) is 0.300. The van der Waals surface area contributed by atoms with E-state index in [0.717, 1.165) is 46.6 Å². The van der Waals surface area contributed by atoms with Crippen LogP contribution in [0.2, 0.25) is 0 Å². The van der Waals surface area contributed by atoms with Gasteiger partial charge in [-0.15, -0.1) is 11.8 Å². The van der Waals surface area contributed by atoms with E-state index in [2.05, 4.69) is 12.1 Å². The molecule has 0 aliphatic heterocycles. The quantitative estimate of drug-likeness (QED) is 0.469. The summed E-state index contributed by atoms with van der Waals surface area (Å²) in [6.45, 7) is 0.761. The first-order valence-corrected chi connectivity index (χ1v) is 9.36. The molecule has 1 heterocycles. The van der Waals surface area contributed by atoms with Crippen LogP contribution in [0.1, 0.15) is 12.0 Å². The Morgan fingerprint density at radius 3 is 2.68 bits per heavy atom. The van der Waals surface area contributed by atoms with Gasteiger partial charge in [-0.2, -0.15) is 0 Å². The van der Waals surface area contributed by atoms with E-state index in [4.69, 9.17) is 13.9 Å². The maximum atomic E-state index is 9.82. The Morgan fingerprint density at radius 1 is 1.12 bits per heavy atom. The molecule has 0 aliphatic rings. The van der Waals surface area contributed by atoms with Crippen molar-refractivity contribution in [2.24, 2.45) is 0 Å². The number of rotatable bonds is 7. The molecule has 3 aromatic rings. The summed E-state index contributed by atoms with van der Waals surface area (Å²) in [6.07, 6.45) is 4.02. The van der Waals surface area contributed by atoms with Crippen LogP contribution in [0.5, 0.6) is 11.5 Å². The lowest BCUT2D eigenvalue weighted by molar-refractivity contribution is 0.195. The van der Waals surface area contributed by atoms with E-state index in [1.807, 2.05) is 18.4 Å². The average Bonchev–Trinajstić information content (AvgIpc) is 3.00. The summed E-state index contributed by atoms with van der Waals surface area (Å²) in [5.41, 5.74) is 3.02. The van der Waals surface area contributed by atoms with E-state index in [0.29, 0.717) is 5.75 Å². The van der Waals surface area contributed by atoms with E-state index in [1.54, 1.807) is 38.1 Å². The summed E-state index contributed by atoms with van der Waals surface area (Å²) in [5, 5.41) is 10.9. The number of methoxy groups -OCH3 is 2. The van der Waals surface area contributed by atoms with Gasteiger partial charge in [0.1, 0.15) is 11.3 Å². The highest BCUT2D eigenvalue weighted by Crippen LogP contribution is 2.41. The lowest BCUT2D eigenvalue weighted by atomic mass is 10.1. The van der Waals surface area contributed by atoms with Crippen LogP contribution in [-0.4, -0.2) is 32.2 Å². The second-order valence-corrected chi connectivity index (χ2v) is 6.59. The largest absolute Gasteiger partial charge is 0.504 e. The van der Waals surface area contributed by atoms with Gasteiger partial charge in [0.25, 0.3) is 0 Å². The van der Waals surface area contributed by atoms with Crippen molar-refractivity contribution in [3.8, 4) is 22.8 Å².